The number of nitro groups is 1. The first-order valence-corrected chi connectivity index (χ1v) is 11.3. The number of thiazole rings is 1. The van der Waals surface area contributed by atoms with E-state index in [0.717, 1.165) is 11.3 Å². The molecule has 0 radical (unpaired) electrons. The molecule has 35 heavy (non-hydrogen) atoms. The standard InChI is InChI=1S/C24H14ClN3O6S/c25-14-5-10-17-18(11-14)35-24(26-17)27-20(12-3-8-16(29)9-4-12)19(22(31)23(27)32)21(30)13-1-6-15(7-2-13)28(33)34/h1-11,20,29-30H/b21-19+. The summed E-state index contributed by atoms with van der Waals surface area (Å²) in [5.74, 6) is -2.33. The van der Waals surface area contributed by atoms with E-state index in [2.05, 4.69) is 4.98 Å². The third-order valence-corrected chi connectivity index (χ3v) is 6.80. The third-order valence-electron chi connectivity index (χ3n) is 5.55. The van der Waals surface area contributed by atoms with Crippen molar-refractivity contribution in [3.05, 3.63) is 98.6 Å². The number of aliphatic hydroxyl groups excluding tert-OH is 1. The van der Waals surface area contributed by atoms with Gasteiger partial charge in [-0.3, -0.25) is 24.6 Å². The molecule has 9 nitrogen and oxygen atoms in total. The second-order valence-corrected chi connectivity index (χ2v) is 9.12. The van der Waals surface area contributed by atoms with Crippen LogP contribution in [0.4, 0.5) is 10.8 Å². The molecule has 0 saturated carbocycles. The average Bonchev–Trinajstić information content (AvgIpc) is 3.37. The number of aromatic nitrogens is 1. The second kappa shape index (κ2) is 8.49. The van der Waals surface area contributed by atoms with Gasteiger partial charge in [-0.05, 0) is 48.0 Å². The highest BCUT2D eigenvalue weighted by atomic mass is 35.5. The molecule has 2 N–H and O–H groups in total. The maximum Gasteiger partial charge on any atom is 0.301 e. The molecular weight excluding hydrogens is 494 g/mol. The molecule has 1 fully saturated rings. The lowest BCUT2D eigenvalue weighted by Crippen LogP contribution is -2.29. The number of nitrogens with zero attached hydrogens (tertiary/aromatic N) is 3. The molecule has 1 atom stereocenters. The van der Waals surface area contributed by atoms with Gasteiger partial charge in [-0.15, -0.1) is 0 Å². The first kappa shape index (κ1) is 22.5. The largest absolute Gasteiger partial charge is 0.508 e. The lowest BCUT2D eigenvalue weighted by molar-refractivity contribution is -0.384. The number of nitro benzene ring substituents is 1. The van der Waals surface area contributed by atoms with E-state index in [1.165, 1.54) is 53.4 Å². The highest BCUT2D eigenvalue weighted by Crippen LogP contribution is 2.44. The van der Waals surface area contributed by atoms with Gasteiger partial charge in [-0.2, -0.15) is 0 Å². The fraction of sp³-hybridized carbons (Fsp3) is 0.0417. The van der Waals surface area contributed by atoms with Crippen molar-refractivity contribution < 1.29 is 24.7 Å². The van der Waals surface area contributed by atoms with Crippen LogP contribution >= 0.6 is 22.9 Å². The van der Waals surface area contributed by atoms with E-state index in [1.807, 2.05) is 0 Å². The molecular formula is C24H14ClN3O6S. The summed E-state index contributed by atoms with van der Waals surface area (Å²) in [4.78, 5) is 42.5. The number of carbonyl (C=O) groups excluding carboxylic acids is 2. The van der Waals surface area contributed by atoms with Crippen LogP contribution in [-0.2, 0) is 9.59 Å². The average molecular weight is 508 g/mol. The van der Waals surface area contributed by atoms with Gasteiger partial charge in [-0.1, -0.05) is 35.1 Å². The Balaban J connectivity index is 1.70. The molecule has 1 saturated heterocycles. The second-order valence-electron chi connectivity index (χ2n) is 7.67. The van der Waals surface area contributed by atoms with Crippen molar-refractivity contribution >= 4 is 61.4 Å². The number of benzene rings is 3. The van der Waals surface area contributed by atoms with E-state index in [4.69, 9.17) is 11.6 Å². The lowest BCUT2D eigenvalue weighted by atomic mass is 9.95. The summed E-state index contributed by atoms with van der Waals surface area (Å²) in [6.07, 6.45) is 0. The molecule has 0 spiro atoms. The maximum absolute atomic E-state index is 13.2. The quantitative estimate of drug-likeness (QED) is 0.128. The number of carbonyl (C=O) groups is 2. The van der Waals surface area contributed by atoms with Crippen molar-refractivity contribution in [2.45, 2.75) is 6.04 Å². The number of rotatable bonds is 4. The molecule has 1 aliphatic heterocycles. The van der Waals surface area contributed by atoms with Crippen molar-refractivity contribution in [1.82, 2.24) is 4.98 Å². The van der Waals surface area contributed by atoms with Crippen molar-refractivity contribution in [3.63, 3.8) is 0 Å². The Morgan fingerprint density at radius 3 is 2.40 bits per heavy atom. The van der Waals surface area contributed by atoms with Crippen LogP contribution in [0.3, 0.4) is 0 Å². The van der Waals surface area contributed by atoms with Crippen molar-refractivity contribution in [2.24, 2.45) is 0 Å². The number of fused-ring (bicyclic) bond motifs is 1. The predicted molar refractivity (Wildman–Crippen MR) is 131 cm³/mol. The van der Waals surface area contributed by atoms with Gasteiger partial charge >= 0.3 is 5.91 Å². The Hall–Kier alpha value is -4.28. The number of non-ortho nitro benzene ring substituents is 1. The number of aliphatic hydroxyl groups is 1. The molecule has 5 rings (SSSR count). The third kappa shape index (κ3) is 3.88. The van der Waals surface area contributed by atoms with Gasteiger partial charge < -0.3 is 10.2 Å². The molecule has 1 amide bonds. The summed E-state index contributed by atoms with van der Waals surface area (Å²) in [7, 11) is 0. The van der Waals surface area contributed by atoms with Crippen LogP contribution in [0.5, 0.6) is 5.75 Å². The van der Waals surface area contributed by atoms with Crippen molar-refractivity contribution in [2.75, 3.05) is 4.90 Å². The molecule has 1 unspecified atom stereocenters. The number of ketones is 1. The smallest absolute Gasteiger partial charge is 0.301 e. The molecule has 1 aromatic heterocycles. The van der Waals surface area contributed by atoms with E-state index in [1.54, 1.807) is 18.2 Å². The van der Waals surface area contributed by atoms with Crippen molar-refractivity contribution in [3.8, 4) is 5.75 Å². The van der Waals surface area contributed by atoms with Crippen LogP contribution in [0.15, 0.2) is 72.3 Å². The number of phenolic OH excluding ortho intramolecular Hbond substituents is 1. The Kier molecular flexibility index (Phi) is 5.46. The zero-order valence-corrected chi connectivity index (χ0v) is 19.2. The summed E-state index contributed by atoms with van der Waals surface area (Å²) in [5.41, 5.74) is 0.768. The van der Waals surface area contributed by atoms with Crippen LogP contribution in [-0.4, -0.2) is 31.8 Å². The maximum atomic E-state index is 13.2. The van der Waals surface area contributed by atoms with Gasteiger partial charge in [0, 0.05) is 22.7 Å². The van der Waals surface area contributed by atoms with Gasteiger partial charge in [0.25, 0.3) is 11.5 Å². The van der Waals surface area contributed by atoms with Gasteiger partial charge in [-0.25, -0.2) is 4.98 Å². The predicted octanol–water partition coefficient (Wildman–Crippen LogP) is 5.19. The van der Waals surface area contributed by atoms with Crippen LogP contribution < -0.4 is 4.90 Å². The number of hydrogen-bond acceptors (Lipinski definition) is 8. The number of hydrogen-bond donors (Lipinski definition) is 2. The highest BCUT2D eigenvalue weighted by molar-refractivity contribution is 7.22. The number of amides is 1. The number of Topliss-reactive ketones (excluding diaryl/α,β-unsaturated/α-hetero) is 1. The molecule has 3 aromatic carbocycles. The molecule has 11 heteroatoms. The summed E-state index contributed by atoms with van der Waals surface area (Å²) in [6, 6.07) is 14.9. The minimum Gasteiger partial charge on any atom is -0.508 e. The molecule has 174 valence electrons. The number of aromatic hydroxyl groups is 1. The summed E-state index contributed by atoms with van der Waals surface area (Å²) < 4.78 is 0.703. The highest BCUT2D eigenvalue weighted by Gasteiger charge is 2.48. The van der Waals surface area contributed by atoms with E-state index in [9.17, 15) is 29.9 Å². The van der Waals surface area contributed by atoms with Crippen LogP contribution in [0, 0.1) is 10.1 Å². The van der Waals surface area contributed by atoms with Gasteiger partial charge in [0.2, 0.25) is 0 Å². The van der Waals surface area contributed by atoms with E-state index in [0.29, 0.717) is 20.8 Å². The van der Waals surface area contributed by atoms with Crippen LogP contribution in [0.2, 0.25) is 5.02 Å². The van der Waals surface area contributed by atoms with Crippen molar-refractivity contribution in [1.29, 1.82) is 0 Å². The minimum atomic E-state index is -1.05. The van der Waals surface area contributed by atoms with E-state index < -0.39 is 28.4 Å². The Morgan fingerprint density at radius 2 is 1.74 bits per heavy atom. The monoisotopic (exact) mass is 507 g/mol. The summed E-state index contributed by atoms with van der Waals surface area (Å²) in [5, 5.41) is 32.5. The molecule has 4 aromatic rings. The summed E-state index contributed by atoms with van der Waals surface area (Å²) in [6.45, 7) is 0. The number of halogens is 1. The number of phenols is 1. The molecule has 0 aliphatic carbocycles. The molecule has 2 heterocycles. The van der Waals surface area contributed by atoms with Gasteiger partial charge in [0.1, 0.15) is 11.5 Å². The fourth-order valence-electron chi connectivity index (χ4n) is 3.89. The Morgan fingerprint density at radius 1 is 1.06 bits per heavy atom. The van der Waals surface area contributed by atoms with Crippen LogP contribution in [0.1, 0.15) is 17.2 Å². The molecule has 0 bridgehead atoms. The zero-order chi connectivity index (χ0) is 24.9. The summed E-state index contributed by atoms with van der Waals surface area (Å²) >= 11 is 7.24. The first-order chi connectivity index (χ1) is 16.7. The minimum absolute atomic E-state index is 0.0179. The SMILES string of the molecule is O=C1C(=O)N(c2nc3ccc(Cl)cc3s2)C(c2ccc(O)cc2)/C1=C(\O)c1ccc([N+](=O)[O-])cc1. The number of anilines is 1. The van der Waals surface area contributed by atoms with Gasteiger partial charge in [0.15, 0.2) is 5.13 Å². The normalized spacial score (nSPS) is 17.3. The molecule has 1 aliphatic rings. The van der Waals surface area contributed by atoms with Crippen LogP contribution in [0.25, 0.3) is 16.0 Å². The Labute approximate surface area is 206 Å². The lowest BCUT2D eigenvalue weighted by Gasteiger charge is -2.23. The van der Waals surface area contributed by atoms with E-state index in [-0.39, 0.29) is 27.7 Å². The first-order valence-electron chi connectivity index (χ1n) is 10.2. The zero-order valence-electron chi connectivity index (χ0n) is 17.6. The fourth-order valence-corrected chi connectivity index (χ4v) is 5.16. The topological polar surface area (TPSA) is 134 Å². The van der Waals surface area contributed by atoms with Gasteiger partial charge in [0.05, 0.1) is 26.8 Å². The Bertz CT molecular complexity index is 1550. The van der Waals surface area contributed by atoms with E-state index >= 15 is 0 Å².